The van der Waals surface area contributed by atoms with E-state index in [1.54, 1.807) is 7.11 Å². The molecule has 3 heteroatoms. The average molecular weight is 371 g/mol. The summed E-state index contributed by atoms with van der Waals surface area (Å²) in [5.74, 6) is 0. The zero-order chi connectivity index (χ0) is 18.1. The Balaban J connectivity index is 1.70. The fraction of sp³-hybridized carbons (Fsp3) is 0.478. The molecular formula is C23H27ClO2. The summed E-state index contributed by atoms with van der Waals surface area (Å²) in [4.78, 5) is 0. The lowest BCUT2D eigenvalue weighted by molar-refractivity contribution is -0.0995. The highest BCUT2D eigenvalue weighted by atomic mass is 35.5. The second-order valence-electron chi connectivity index (χ2n) is 7.61. The van der Waals surface area contributed by atoms with Gasteiger partial charge in [-0.05, 0) is 66.0 Å². The number of benzene rings is 2. The van der Waals surface area contributed by atoms with Crippen LogP contribution in [-0.2, 0) is 27.9 Å². The van der Waals surface area contributed by atoms with Gasteiger partial charge in [-0.2, -0.15) is 0 Å². The Morgan fingerprint density at radius 2 is 1.92 bits per heavy atom. The molecule has 2 aliphatic rings. The third-order valence-corrected chi connectivity index (χ3v) is 6.39. The van der Waals surface area contributed by atoms with Crippen LogP contribution in [0, 0.1) is 0 Å². The van der Waals surface area contributed by atoms with Crippen LogP contribution in [0.1, 0.15) is 66.5 Å². The van der Waals surface area contributed by atoms with Crippen molar-refractivity contribution in [1.82, 2.24) is 0 Å². The van der Waals surface area contributed by atoms with Crippen LogP contribution in [0.2, 0.25) is 5.02 Å². The van der Waals surface area contributed by atoms with E-state index in [-0.39, 0.29) is 11.7 Å². The van der Waals surface area contributed by atoms with Gasteiger partial charge in [0.1, 0.15) is 0 Å². The summed E-state index contributed by atoms with van der Waals surface area (Å²) in [6.45, 7) is 3.02. The topological polar surface area (TPSA) is 18.5 Å². The fourth-order valence-corrected chi connectivity index (χ4v) is 4.74. The summed E-state index contributed by atoms with van der Waals surface area (Å²) < 4.78 is 12.1. The van der Waals surface area contributed by atoms with E-state index in [1.807, 2.05) is 0 Å². The van der Waals surface area contributed by atoms with Crippen LogP contribution in [0.25, 0.3) is 0 Å². The van der Waals surface area contributed by atoms with Crippen molar-refractivity contribution >= 4 is 11.6 Å². The highest BCUT2D eigenvalue weighted by Crippen LogP contribution is 2.52. The number of halogens is 1. The van der Waals surface area contributed by atoms with Crippen LogP contribution in [-0.4, -0.2) is 13.7 Å². The Hall–Kier alpha value is -1.35. The van der Waals surface area contributed by atoms with Crippen LogP contribution in [0.15, 0.2) is 36.4 Å². The molecule has 0 bridgehead atoms. The van der Waals surface area contributed by atoms with Gasteiger partial charge in [-0.1, -0.05) is 48.9 Å². The van der Waals surface area contributed by atoms with Crippen molar-refractivity contribution in [2.75, 3.05) is 13.7 Å². The molecule has 2 aromatic rings. The van der Waals surface area contributed by atoms with Gasteiger partial charge < -0.3 is 9.47 Å². The molecule has 0 saturated carbocycles. The largest absolute Gasteiger partial charge is 0.377 e. The van der Waals surface area contributed by atoms with Crippen LogP contribution in [0.3, 0.4) is 0 Å². The lowest BCUT2D eigenvalue weighted by Gasteiger charge is -2.35. The summed E-state index contributed by atoms with van der Waals surface area (Å²) in [6, 6.07) is 13.3. The zero-order valence-electron chi connectivity index (χ0n) is 15.7. The minimum absolute atomic E-state index is 0.0819. The number of hydrogen-bond acceptors (Lipinski definition) is 2. The molecule has 1 saturated heterocycles. The van der Waals surface area contributed by atoms with E-state index >= 15 is 0 Å². The molecule has 2 nitrogen and oxygen atoms in total. The minimum Gasteiger partial charge on any atom is -0.377 e. The highest BCUT2D eigenvalue weighted by Gasteiger charge is 2.46. The molecule has 4 rings (SSSR count). The molecule has 2 aromatic carbocycles. The average Bonchev–Trinajstić information content (AvgIpc) is 2.95. The molecule has 138 valence electrons. The molecule has 26 heavy (non-hydrogen) atoms. The van der Waals surface area contributed by atoms with E-state index in [2.05, 4.69) is 43.3 Å². The first kappa shape index (κ1) is 18.0. The first-order valence-corrected chi connectivity index (χ1v) is 10.1. The minimum atomic E-state index is -0.181. The molecule has 1 aliphatic heterocycles. The maximum absolute atomic E-state index is 6.67. The Bertz CT molecular complexity index is 776. The van der Waals surface area contributed by atoms with E-state index in [4.69, 9.17) is 21.1 Å². The first-order valence-electron chi connectivity index (χ1n) is 9.72. The highest BCUT2D eigenvalue weighted by molar-refractivity contribution is 6.31. The summed E-state index contributed by atoms with van der Waals surface area (Å²) in [7, 11) is 1.79. The van der Waals surface area contributed by atoms with Gasteiger partial charge in [0.25, 0.3) is 0 Å². The Kier molecular flexibility index (Phi) is 5.09. The summed E-state index contributed by atoms with van der Waals surface area (Å²) in [5.41, 5.74) is 6.17. The lowest BCUT2D eigenvalue weighted by Crippen LogP contribution is -2.31. The molecule has 2 atom stereocenters. The van der Waals surface area contributed by atoms with Crippen molar-refractivity contribution in [2.45, 2.75) is 57.2 Å². The van der Waals surface area contributed by atoms with Gasteiger partial charge in [0.15, 0.2) is 0 Å². The van der Waals surface area contributed by atoms with Gasteiger partial charge in [-0.15, -0.1) is 0 Å². The number of hydrogen-bond donors (Lipinski definition) is 0. The monoisotopic (exact) mass is 370 g/mol. The van der Waals surface area contributed by atoms with Crippen molar-refractivity contribution < 1.29 is 9.47 Å². The molecule has 0 N–H and O–H groups in total. The smallest absolute Gasteiger partial charge is 0.0963 e. The standard InChI is InChI=1S/C23H27ClO2/c1-3-16-6-8-17(9-7-16)12-18-13-20-19(14-21(18)24)22(25-2)15-23(20)10-4-5-11-26-23/h6-9,13-14,22H,3-5,10-12,15H2,1-2H3. The fourth-order valence-electron chi connectivity index (χ4n) is 4.50. The van der Waals surface area contributed by atoms with Crippen molar-refractivity contribution in [3.8, 4) is 0 Å². The van der Waals surface area contributed by atoms with Gasteiger partial charge in [0, 0.05) is 25.2 Å². The molecule has 1 heterocycles. The van der Waals surface area contributed by atoms with Gasteiger partial charge in [0.05, 0.1) is 11.7 Å². The Morgan fingerprint density at radius 1 is 1.15 bits per heavy atom. The predicted molar refractivity (Wildman–Crippen MR) is 106 cm³/mol. The molecule has 1 aliphatic carbocycles. The molecular weight excluding hydrogens is 344 g/mol. The van der Waals surface area contributed by atoms with Crippen LogP contribution < -0.4 is 0 Å². The number of ether oxygens (including phenoxy) is 2. The van der Waals surface area contributed by atoms with Crippen molar-refractivity contribution in [3.63, 3.8) is 0 Å². The molecule has 2 unspecified atom stereocenters. The van der Waals surface area contributed by atoms with Crippen molar-refractivity contribution in [1.29, 1.82) is 0 Å². The SMILES string of the molecule is CCc1ccc(Cc2cc3c(cc2Cl)C(OC)CC32CCCCO2)cc1. The first-order chi connectivity index (χ1) is 12.6. The Labute approximate surface area is 161 Å². The normalized spacial score (nSPS) is 24.8. The summed E-state index contributed by atoms with van der Waals surface area (Å²) in [6.07, 6.45) is 6.35. The van der Waals surface area contributed by atoms with E-state index in [1.165, 1.54) is 34.2 Å². The number of fused-ring (bicyclic) bond motifs is 2. The third kappa shape index (κ3) is 3.19. The van der Waals surface area contributed by atoms with Crippen molar-refractivity contribution in [2.24, 2.45) is 0 Å². The quantitative estimate of drug-likeness (QED) is 0.659. The second-order valence-corrected chi connectivity index (χ2v) is 8.01. The second kappa shape index (κ2) is 7.34. The zero-order valence-corrected chi connectivity index (χ0v) is 16.4. The van der Waals surface area contributed by atoms with E-state index in [9.17, 15) is 0 Å². The van der Waals surface area contributed by atoms with E-state index in [0.29, 0.717) is 0 Å². The molecule has 1 fully saturated rings. The number of aryl methyl sites for hydroxylation is 1. The maximum atomic E-state index is 6.67. The van der Waals surface area contributed by atoms with Gasteiger partial charge in [-0.3, -0.25) is 0 Å². The maximum Gasteiger partial charge on any atom is 0.0963 e. The van der Waals surface area contributed by atoms with Crippen LogP contribution in [0.4, 0.5) is 0 Å². The molecule has 1 spiro atoms. The number of methoxy groups -OCH3 is 1. The third-order valence-electron chi connectivity index (χ3n) is 6.04. The summed E-state index contributed by atoms with van der Waals surface area (Å²) >= 11 is 6.67. The predicted octanol–water partition coefficient (Wildman–Crippen LogP) is 5.98. The molecule has 0 radical (unpaired) electrons. The Morgan fingerprint density at radius 3 is 2.58 bits per heavy atom. The van der Waals surface area contributed by atoms with Gasteiger partial charge in [0.2, 0.25) is 0 Å². The van der Waals surface area contributed by atoms with Gasteiger partial charge >= 0.3 is 0 Å². The summed E-state index contributed by atoms with van der Waals surface area (Å²) in [5, 5.41) is 0.832. The lowest BCUT2D eigenvalue weighted by atomic mass is 9.86. The van der Waals surface area contributed by atoms with E-state index < -0.39 is 0 Å². The molecule has 0 aromatic heterocycles. The van der Waals surface area contributed by atoms with E-state index in [0.717, 1.165) is 43.7 Å². The molecule has 0 amide bonds. The van der Waals surface area contributed by atoms with Crippen LogP contribution in [0.5, 0.6) is 0 Å². The number of rotatable bonds is 4. The van der Waals surface area contributed by atoms with Gasteiger partial charge in [-0.25, -0.2) is 0 Å². The van der Waals surface area contributed by atoms with Crippen molar-refractivity contribution in [3.05, 3.63) is 69.2 Å². The van der Waals surface area contributed by atoms with Crippen LogP contribution >= 0.6 is 11.6 Å².